The van der Waals surface area contributed by atoms with Crippen LogP contribution in [0.25, 0.3) is 11.1 Å². The largest absolute Gasteiger partial charge is 0.480 e. The molecule has 9 heteroatoms. The third-order valence-corrected chi connectivity index (χ3v) is 6.78. The predicted octanol–water partition coefficient (Wildman–Crippen LogP) is 3.44. The van der Waals surface area contributed by atoms with Gasteiger partial charge in [-0.25, -0.2) is 9.50 Å². The van der Waals surface area contributed by atoms with Crippen LogP contribution in [0, 0.1) is 0 Å². The predicted molar refractivity (Wildman–Crippen MR) is 135 cm³/mol. The van der Waals surface area contributed by atoms with E-state index >= 15 is 0 Å². The van der Waals surface area contributed by atoms with E-state index < -0.39 is 0 Å². The van der Waals surface area contributed by atoms with E-state index in [1.54, 1.807) is 20.4 Å². The maximum atomic E-state index is 5.91. The lowest BCUT2D eigenvalue weighted by Crippen LogP contribution is -2.31. The van der Waals surface area contributed by atoms with Crippen LogP contribution in [0.5, 0.6) is 5.88 Å². The molecule has 3 aromatic heterocycles. The molecule has 0 unspecified atom stereocenters. The van der Waals surface area contributed by atoms with Crippen molar-refractivity contribution in [1.82, 2.24) is 24.9 Å². The second-order valence-corrected chi connectivity index (χ2v) is 9.23. The molecule has 3 aromatic rings. The molecule has 0 saturated heterocycles. The minimum absolute atomic E-state index is 0.176. The first kappa shape index (κ1) is 23.7. The second kappa shape index (κ2) is 10.7. The minimum atomic E-state index is 0.176. The summed E-state index contributed by atoms with van der Waals surface area (Å²) < 4.78 is 18.7. The van der Waals surface area contributed by atoms with E-state index in [1.807, 2.05) is 16.8 Å². The summed E-state index contributed by atoms with van der Waals surface area (Å²) in [5.74, 6) is 1.20. The molecule has 2 aliphatic rings. The van der Waals surface area contributed by atoms with Gasteiger partial charge < -0.3 is 24.8 Å². The number of anilines is 1. The van der Waals surface area contributed by atoms with Gasteiger partial charge in [-0.3, -0.25) is 0 Å². The van der Waals surface area contributed by atoms with Crippen molar-refractivity contribution >= 4 is 17.0 Å². The number of nitrogens with one attached hydrogen (secondary N) is 2. The molecule has 1 aliphatic carbocycles. The van der Waals surface area contributed by atoms with Crippen LogP contribution in [0.15, 0.2) is 36.7 Å². The van der Waals surface area contributed by atoms with Crippen LogP contribution in [0.1, 0.15) is 49.4 Å². The van der Waals surface area contributed by atoms with Crippen molar-refractivity contribution in [3.05, 3.63) is 53.5 Å². The molecule has 186 valence electrons. The van der Waals surface area contributed by atoms with E-state index in [0.717, 1.165) is 53.6 Å². The van der Waals surface area contributed by atoms with Gasteiger partial charge in [0.05, 0.1) is 43.2 Å². The normalized spacial score (nSPS) is 22.4. The molecule has 2 N–H and O–H groups in total. The van der Waals surface area contributed by atoms with E-state index in [0.29, 0.717) is 43.7 Å². The number of methoxy groups -OCH3 is 2. The molecule has 0 bridgehead atoms. The standard InChI is InChI=1S/C26H34N6O3/c1-17-14-22(18-9-11-32-20(15-18)8-10-28-32)24-23(16-27-17)30-26(31-25(24)34-3)29-19-4-6-21(7-5-19)35-13-12-33-2/h8-11,14-15,17,19,21,27H,4-7,12-13,16H2,1-3H3,(H,29,30,31)/t17-,19?,21?/m1/s1. The van der Waals surface area contributed by atoms with Crippen molar-refractivity contribution < 1.29 is 14.2 Å². The van der Waals surface area contributed by atoms with Crippen LogP contribution in [0.3, 0.4) is 0 Å². The fourth-order valence-corrected chi connectivity index (χ4v) is 4.93. The van der Waals surface area contributed by atoms with Crippen molar-refractivity contribution in [1.29, 1.82) is 0 Å². The lowest BCUT2D eigenvalue weighted by Gasteiger charge is -2.29. The van der Waals surface area contributed by atoms with Crippen molar-refractivity contribution in [3.63, 3.8) is 0 Å². The number of fused-ring (bicyclic) bond motifs is 2. The van der Waals surface area contributed by atoms with E-state index in [-0.39, 0.29) is 6.04 Å². The van der Waals surface area contributed by atoms with Crippen molar-refractivity contribution in [2.45, 2.75) is 57.3 Å². The van der Waals surface area contributed by atoms with E-state index in [1.165, 1.54) is 0 Å². The maximum Gasteiger partial charge on any atom is 0.226 e. The molecule has 35 heavy (non-hydrogen) atoms. The number of ether oxygens (including phenoxy) is 3. The van der Waals surface area contributed by atoms with Gasteiger partial charge in [0, 0.05) is 38.1 Å². The van der Waals surface area contributed by atoms with Gasteiger partial charge in [0.1, 0.15) is 0 Å². The minimum Gasteiger partial charge on any atom is -0.480 e. The molecule has 1 atom stereocenters. The molecule has 4 heterocycles. The van der Waals surface area contributed by atoms with Crippen molar-refractivity contribution in [2.24, 2.45) is 0 Å². The Bertz CT molecular complexity index is 1190. The van der Waals surface area contributed by atoms with Crippen LogP contribution >= 0.6 is 0 Å². The van der Waals surface area contributed by atoms with Crippen LogP contribution in [-0.4, -0.2) is 65.2 Å². The SMILES string of the molecule is COCCOC1CCC(Nc2nc3c(c(OC)n2)C(c2ccn4nccc4c2)=C[C@@H](C)NC3)CC1. The van der Waals surface area contributed by atoms with Gasteiger partial charge in [-0.05, 0) is 61.9 Å². The molecule has 0 aromatic carbocycles. The summed E-state index contributed by atoms with van der Waals surface area (Å²) in [6.45, 7) is 4.08. The number of nitrogens with zero attached hydrogens (tertiary/aromatic N) is 4. The first-order valence-corrected chi connectivity index (χ1v) is 12.4. The third kappa shape index (κ3) is 5.32. The van der Waals surface area contributed by atoms with Crippen LogP contribution < -0.4 is 15.4 Å². The molecule has 1 fully saturated rings. The fourth-order valence-electron chi connectivity index (χ4n) is 4.93. The lowest BCUT2D eigenvalue weighted by atomic mass is 9.93. The number of pyridine rings is 1. The first-order valence-electron chi connectivity index (χ1n) is 12.4. The van der Waals surface area contributed by atoms with E-state index in [2.05, 4.69) is 40.9 Å². The molecule has 5 rings (SSSR count). The van der Waals surface area contributed by atoms with Gasteiger partial charge in [0.15, 0.2) is 0 Å². The highest BCUT2D eigenvalue weighted by atomic mass is 16.5. The average molecular weight is 479 g/mol. The molecule has 0 radical (unpaired) electrons. The lowest BCUT2D eigenvalue weighted by molar-refractivity contribution is -0.00158. The van der Waals surface area contributed by atoms with Crippen LogP contribution in [-0.2, 0) is 16.0 Å². The summed E-state index contributed by atoms with van der Waals surface area (Å²) in [6, 6.07) is 6.71. The summed E-state index contributed by atoms with van der Waals surface area (Å²) in [7, 11) is 3.38. The van der Waals surface area contributed by atoms with Crippen molar-refractivity contribution in [2.75, 3.05) is 32.8 Å². The van der Waals surface area contributed by atoms with Gasteiger partial charge in [0.25, 0.3) is 0 Å². The van der Waals surface area contributed by atoms with Gasteiger partial charge >= 0.3 is 0 Å². The second-order valence-electron chi connectivity index (χ2n) is 9.23. The molecule has 0 spiro atoms. The van der Waals surface area contributed by atoms with Crippen LogP contribution in [0.4, 0.5) is 5.95 Å². The Morgan fingerprint density at radius 1 is 1.11 bits per heavy atom. The zero-order chi connectivity index (χ0) is 24.2. The van der Waals surface area contributed by atoms with Gasteiger partial charge in [-0.1, -0.05) is 6.08 Å². The molecule has 1 aliphatic heterocycles. The van der Waals surface area contributed by atoms with Crippen LogP contribution in [0.2, 0.25) is 0 Å². The Morgan fingerprint density at radius 3 is 2.77 bits per heavy atom. The monoisotopic (exact) mass is 478 g/mol. The Hall–Kier alpha value is -3.01. The molecular weight excluding hydrogens is 444 g/mol. The highest BCUT2D eigenvalue weighted by Crippen LogP contribution is 2.36. The highest BCUT2D eigenvalue weighted by Gasteiger charge is 2.26. The summed E-state index contributed by atoms with van der Waals surface area (Å²) in [6.07, 6.45) is 10.4. The van der Waals surface area contributed by atoms with E-state index in [9.17, 15) is 0 Å². The van der Waals surface area contributed by atoms with E-state index in [4.69, 9.17) is 24.2 Å². The zero-order valence-corrected chi connectivity index (χ0v) is 20.7. The molecule has 0 amide bonds. The van der Waals surface area contributed by atoms with Gasteiger partial charge in [0.2, 0.25) is 11.8 Å². The highest BCUT2D eigenvalue weighted by molar-refractivity contribution is 5.85. The number of hydrogen-bond acceptors (Lipinski definition) is 8. The Balaban J connectivity index is 1.38. The average Bonchev–Trinajstić information content (AvgIpc) is 3.28. The number of hydrogen-bond donors (Lipinski definition) is 2. The van der Waals surface area contributed by atoms with Crippen molar-refractivity contribution in [3.8, 4) is 5.88 Å². The maximum absolute atomic E-state index is 5.91. The number of aromatic nitrogens is 4. The summed E-state index contributed by atoms with van der Waals surface area (Å²) in [5.41, 5.74) is 5.06. The zero-order valence-electron chi connectivity index (χ0n) is 20.7. The molecular formula is C26H34N6O3. The smallest absolute Gasteiger partial charge is 0.226 e. The third-order valence-electron chi connectivity index (χ3n) is 6.78. The number of rotatable bonds is 8. The Kier molecular flexibility index (Phi) is 7.26. The summed E-state index contributed by atoms with van der Waals surface area (Å²) in [5, 5.41) is 11.4. The van der Waals surface area contributed by atoms with Gasteiger partial charge in [-0.2, -0.15) is 10.1 Å². The molecule has 1 saturated carbocycles. The summed E-state index contributed by atoms with van der Waals surface area (Å²) >= 11 is 0. The topological polar surface area (TPSA) is 94.8 Å². The Morgan fingerprint density at radius 2 is 1.97 bits per heavy atom. The van der Waals surface area contributed by atoms with Gasteiger partial charge in [-0.15, -0.1) is 0 Å². The summed E-state index contributed by atoms with van der Waals surface area (Å²) in [4.78, 5) is 9.74. The quantitative estimate of drug-likeness (QED) is 0.476. The first-order chi connectivity index (χ1) is 17.1. The Labute approximate surface area is 205 Å². The molecule has 9 nitrogen and oxygen atoms in total. The fraction of sp³-hybridized carbons (Fsp3) is 0.500.